The van der Waals surface area contributed by atoms with Crippen LogP contribution in [0.5, 0.6) is 0 Å². The van der Waals surface area contributed by atoms with Crippen molar-refractivity contribution in [3.8, 4) is 11.4 Å². The lowest BCUT2D eigenvalue weighted by molar-refractivity contribution is 0.210. The predicted molar refractivity (Wildman–Crippen MR) is 86.6 cm³/mol. The van der Waals surface area contributed by atoms with Crippen LogP contribution in [0.3, 0.4) is 0 Å². The molecular formula is C16H22N4O. The second kappa shape index (κ2) is 8.21. The highest BCUT2D eigenvalue weighted by atomic mass is 16.5. The lowest BCUT2D eigenvalue weighted by atomic mass is 10.2. The van der Waals surface area contributed by atoms with Crippen molar-refractivity contribution in [2.75, 3.05) is 37.4 Å². The van der Waals surface area contributed by atoms with Gasteiger partial charge in [-0.25, -0.2) is 9.97 Å². The van der Waals surface area contributed by atoms with Gasteiger partial charge in [-0.2, -0.15) is 0 Å². The summed E-state index contributed by atoms with van der Waals surface area (Å²) in [6.45, 7) is 4.38. The van der Waals surface area contributed by atoms with E-state index in [0.717, 1.165) is 42.5 Å². The molecule has 2 aromatic rings. The van der Waals surface area contributed by atoms with Gasteiger partial charge >= 0.3 is 0 Å². The van der Waals surface area contributed by atoms with Crippen LogP contribution in [0.4, 0.5) is 11.6 Å². The molecule has 0 amide bonds. The molecule has 112 valence electrons. The second-order valence-electron chi connectivity index (χ2n) is 4.67. The molecule has 1 heterocycles. The first kappa shape index (κ1) is 15.3. The van der Waals surface area contributed by atoms with E-state index in [4.69, 9.17) is 4.74 Å². The number of ether oxygens (including phenoxy) is 1. The Morgan fingerprint density at radius 2 is 1.67 bits per heavy atom. The highest BCUT2D eigenvalue weighted by molar-refractivity contribution is 5.61. The zero-order valence-electron chi connectivity index (χ0n) is 12.6. The van der Waals surface area contributed by atoms with Crippen molar-refractivity contribution < 1.29 is 4.74 Å². The maximum Gasteiger partial charge on any atom is 0.163 e. The van der Waals surface area contributed by atoms with Crippen molar-refractivity contribution >= 4 is 11.6 Å². The number of rotatable bonds is 8. The Labute approximate surface area is 125 Å². The Kier molecular flexibility index (Phi) is 5.97. The quantitative estimate of drug-likeness (QED) is 0.730. The zero-order chi connectivity index (χ0) is 14.9. The number of hydrogen-bond donors (Lipinski definition) is 2. The number of aromatic nitrogens is 2. The van der Waals surface area contributed by atoms with Crippen LogP contribution >= 0.6 is 0 Å². The largest absolute Gasteiger partial charge is 0.383 e. The predicted octanol–water partition coefficient (Wildman–Crippen LogP) is 3.02. The first-order chi connectivity index (χ1) is 10.3. The smallest absolute Gasteiger partial charge is 0.163 e. The molecule has 1 aromatic carbocycles. The molecule has 0 saturated carbocycles. The summed E-state index contributed by atoms with van der Waals surface area (Å²) in [7, 11) is 1.69. The van der Waals surface area contributed by atoms with E-state index in [-0.39, 0.29) is 0 Å². The summed E-state index contributed by atoms with van der Waals surface area (Å²) in [5.41, 5.74) is 1.01. The molecule has 5 nitrogen and oxygen atoms in total. The Morgan fingerprint density at radius 1 is 1.00 bits per heavy atom. The van der Waals surface area contributed by atoms with E-state index < -0.39 is 0 Å². The fourth-order valence-electron chi connectivity index (χ4n) is 1.88. The summed E-state index contributed by atoms with van der Waals surface area (Å²) in [5, 5.41) is 6.57. The highest BCUT2D eigenvalue weighted by Crippen LogP contribution is 2.20. The third-order valence-electron chi connectivity index (χ3n) is 2.93. The molecule has 21 heavy (non-hydrogen) atoms. The van der Waals surface area contributed by atoms with Gasteiger partial charge in [0.15, 0.2) is 5.82 Å². The average molecular weight is 286 g/mol. The van der Waals surface area contributed by atoms with E-state index in [9.17, 15) is 0 Å². The number of benzene rings is 1. The standard InChI is InChI=1S/C16H22N4O/c1-3-9-17-14-12-15(18-10-11-21-2)20-16(19-14)13-7-5-4-6-8-13/h4-8,12H,3,9-11H2,1-2H3,(H2,17,18,19,20). The third-order valence-corrected chi connectivity index (χ3v) is 2.93. The number of anilines is 2. The zero-order valence-corrected chi connectivity index (χ0v) is 12.6. The summed E-state index contributed by atoms with van der Waals surface area (Å²) in [6.07, 6.45) is 1.05. The average Bonchev–Trinajstić information content (AvgIpc) is 2.54. The van der Waals surface area contributed by atoms with Gasteiger partial charge in [0.2, 0.25) is 0 Å². The summed E-state index contributed by atoms with van der Waals surface area (Å²) < 4.78 is 5.05. The van der Waals surface area contributed by atoms with Gasteiger partial charge in [-0.3, -0.25) is 0 Å². The minimum absolute atomic E-state index is 0.641. The summed E-state index contributed by atoms with van der Waals surface area (Å²) in [4.78, 5) is 9.14. The molecule has 0 unspecified atom stereocenters. The van der Waals surface area contributed by atoms with Crippen LogP contribution in [0.25, 0.3) is 11.4 Å². The molecule has 0 aliphatic heterocycles. The lowest BCUT2D eigenvalue weighted by Crippen LogP contribution is -2.11. The van der Waals surface area contributed by atoms with Crippen LogP contribution in [-0.4, -0.2) is 36.8 Å². The molecule has 0 bridgehead atoms. The van der Waals surface area contributed by atoms with Gasteiger partial charge in [0, 0.05) is 31.8 Å². The van der Waals surface area contributed by atoms with Crippen LogP contribution < -0.4 is 10.6 Å². The minimum Gasteiger partial charge on any atom is -0.383 e. The van der Waals surface area contributed by atoms with Crippen molar-refractivity contribution in [3.05, 3.63) is 36.4 Å². The molecule has 2 rings (SSSR count). The molecule has 0 aliphatic rings. The van der Waals surface area contributed by atoms with Crippen LogP contribution in [-0.2, 0) is 4.74 Å². The lowest BCUT2D eigenvalue weighted by Gasteiger charge is -2.11. The molecule has 0 spiro atoms. The molecule has 0 radical (unpaired) electrons. The fourth-order valence-corrected chi connectivity index (χ4v) is 1.88. The van der Waals surface area contributed by atoms with Crippen LogP contribution in [0.1, 0.15) is 13.3 Å². The molecule has 0 atom stereocenters. The number of nitrogens with one attached hydrogen (secondary N) is 2. The fraction of sp³-hybridized carbons (Fsp3) is 0.375. The van der Waals surface area contributed by atoms with Crippen molar-refractivity contribution in [1.82, 2.24) is 9.97 Å². The van der Waals surface area contributed by atoms with Crippen LogP contribution in [0.2, 0.25) is 0 Å². The van der Waals surface area contributed by atoms with E-state index in [1.165, 1.54) is 0 Å². The van der Waals surface area contributed by atoms with Crippen LogP contribution in [0, 0.1) is 0 Å². The van der Waals surface area contributed by atoms with Gasteiger partial charge in [-0.1, -0.05) is 37.3 Å². The molecule has 2 N–H and O–H groups in total. The first-order valence-corrected chi connectivity index (χ1v) is 7.24. The highest BCUT2D eigenvalue weighted by Gasteiger charge is 2.06. The third kappa shape index (κ3) is 4.72. The summed E-state index contributed by atoms with van der Waals surface area (Å²) in [5.74, 6) is 2.36. The molecule has 1 aromatic heterocycles. The Bertz CT molecular complexity index is 545. The van der Waals surface area contributed by atoms with Gasteiger partial charge in [0.25, 0.3) is 0 Å². The second-order valence-corrected chi connectivity index (χ2v) is 4.67. The maximum atomic E-state index is 5.05. The van der Waals surface area contributed by atoms with E-state index in [2.05, 4.69) is 27.5 Å². The van der Waals surface area contributed by atoms with Crippen molar-refractivity contribution in [1.29, 1.82) is 0 Å². The van der Waals surface area contributed by atoms with E-state index in [0.29, 0.717) is 6.61 Å². The van der Waals surface area contributed by atoms with Gasteiger partial charge in [-0.05, 0) is 6.42 Å². The topological polar surface area (TPSA) is 59.1 Å². The molecule has 0 fully saturated rings. The monoisotopic (exact) mass is 286 g/mol. The first-order valence-electron chi connectivity index (χ1n) is 7.24. The van der Waals surface area contributed by atoms with Gasteiger partial charge in [0.1, 0.15) is 11.6 Å². The Morgan fingerprint density at radius 3 is 2.29 bits per heavy atom. The van der Waals surface area contributed by atoms with Gasteiger partial charge in [0.05, 0.1) is 6.61 Å². The van der Waals surface area contributed by atoms with E-state index in [1.54, 1.807) is 7.11 Å². The molecular weight excluding hydrogens is 264 g/mol. The summed E-state index contributed by atoms with van der Waals surface area (Å²) >= 11 is 0. The van der Waals surface area contributed by atoms with Gasteiger partial charge in [-0.15, -0.1) is 0 Å². The van der Waals surface area contributed by atoms with Gasteiger partial charge < -0.3 is 15.4 Å². The van der Waals surface area contributed by atoms with Crippen molar-refractivity contribution in [2.24, 2.45) is 0 Å². The summed E-state index contributed by atoms with van der Waals surface area (Å²) in [6, 6.07) is 11.9. The maximum absolute atomic E-state index is 5.05. The Hall–Kier alpha value is -2.14. The molecule has 0 aliphatic carbocycles. The number of methoxy groups -OCH3 is 1. The molecule has 0 saturated heterocycles. The Balaban J connectivity index is 2.23. The van der Waals surface area contributed by atoms with E-state index >= 15 is 0 Å². The SMILES string of the molecule is CCCNc1cc(NCCOC)nc(-c2ccccc2)n1. The minimum atomic E-state index is 0.641. The van der Waals surface area contributed by atoms with E-state index in [1.807, 2.05) is 36.4 Å². The number of nitrogens with zero attached hydrogens (tertiary/aromatic N) is 2. The normalized spacial score (nSPS) is 10.4. The molecule has 5 heteroatoms. The number of hydrogen-bond acceptors (Lipinski definition) is 5. The van der Waals surface area contributed by atoms with Crippen molar-refractivity contribution in [3.63, 3.8) is 0 Å². The van der Waals surface area contributed by atoms with Crippen molar-refractivity contribution in [2.45, 2.75) is 13.3 Å². The van der Waals surface area contributed by atoms with Crippen LogP contribution in [0.15, 0.2) is 36.4 Å².